The van der Waals surface area contributed by atoms with E-state index in [1.165, 1.54) is 0 Å². The first kappa shape index (κ1) is 15.1. The molecule has 0 spiro atoms. The molecule has 110 valence electrons. The second-order valence-corrected chi connectivity index (χ2v) is 11.5. The van der Waals surface area contributed by atoms with E-state index in [9.17, 15) is 4.79 Å². The van der Waals surface area contributed by atoms with E-state index < -0.39 is 8.32 Å². The molecule has 0 bridgehead atoms. The summed E-state index contributed by atoms with van der Waals surface area (Å²) in [7, 11) is -1.74. The van der Waals surface area contributed by atoms with Gasteiger partial charge >= 0.3 is 0 Å². The van der Waals surface area contributed by atoms with Crippen molar-refractivity contribution in [1.82, 2.24) is 0 Å². The second-order valence-electron chi connectivity index (χ2n) is 6.72. The first-order valence-electron chi connectivity index (χ1n) is 6.88. The molecular weight excluding hydrogens is 270 g/mol. The highest BCUT2D eigenvalue weighted by atomic mass is 28.4. The molecule has 0 aliphatic carbocycles. The third kappa shape index (κ3) is 3.22. The van der Waals surface area contributed by atoms with Crippen LogP contribution in [-0.4, -0.2) is 20.8 Å². The Kier molecular flexibility index (Phi) is 3.93. The van der Waals surface area contributed by atoms with E-state index in [-0.39, 0.29) is 17.6 Å². The topological polar surface area (TPSA) is 47.6 Å². The Morgan fingerprint density at radius 2 is 2.05 bits per heavy atom. The molecule has 0 aromatic heterocycles. The summed E-state index contributed by atoms with van der Waals surface area (Å²) in [4.78, 5) is 11.2. The van der Waals surface area contributed by atoms with Gasteiger partial charge in [-0.05, 0) is 35.8 Å². The fourth-order valence-corrected chi connectivity index (χ4v) is 2.65. The zero-order valence-corrected chi connectivity index (χ0v) is 13.9. The molecule has 0 saturated heterocycles. The molecule has 1 amide bonds. The van der Waals surface area contributed by atoms with Crippen LogP contribution in [0.3, 0.4) is 0 Å². The fraction of sp³-hybridized carbons (Fsp3) is 0.533. The number of rotatable bonds is 3. The van der Waals surface area contributed by atoms with Crippen molar-refractivity contribution in [1.29, 1.82) is 0 Å². The molecule has 20 heavy (non-hydrogen) atoms. The van der Waals surface area contributed by atoms with Gasteiger partial charge < -0.3 is 14.5 Å². The van der Waals surface area contributed by atoms with Gasteiger partial charge in [-0.25, -0.2) is 0 Å². The number of amides is 1. The minimum Gasteiger partial charge on any atom is -0.482 e. The van der Waals surface area contributed by atoms with Gasteiger partial charge in [-0.1, -0.05) is 26.8 Å². The third-order valence-electron chi connectivity index (χ3n) is 4.08. The predicted octanol–water partition coefficient (Wildman–Crippen LogP) is 3.54. The van der Waals surface area contributed by atoms with E-state index in [4.69, 9.17) is 9.16 Å². The summed E-state index contributed by atoms with van der Waals surface area (Å²) in [6.07, 6.45) is 0. The number of anilines is 1. The summed E-state index contributed by atoms with van der Waals surface area (Å²) >= 11 is 0. The van der Waals surface area contributed by atoms with Crippen molar-refractivity contribution < 1.29 is 14.0 Å². The minimum atomic E-state index is -1.74. The molecular formula is C15H23NO3Si. The number of hydrogen-bond acceptors (Lipinski definition) is 3. The van der Waals surface area contributed by atoms with Crippen LogP contribution in [0, 0.1) is 0 Å². The Bertz CT molecular complexity index is 520. The molecule has 1 aliphatic rings. The molecule has 1 N–H and O–H groups in total. The summed E-state index contributed by atoms with van der Waals surface area (Å²) in [5, 5.41) is 2.99. The molecule has 1 aliphatic heterocycles. The van der Waals surface area contributed by atoms with Gasteiger partial charge in [0.05, 0.1) is 12.3 Å². The monoisotopic (exact) mass is 293 g/mol. The van der Waals surface area contributed by atoms with Gasteiger partial charge in [-0.3, -0.25) is 4.79 Å². The fourth-order valence-electron chi connectivity index (χ4n) is 1.69. The van der Waals surface area contributed by atoms with Crippen molar-refractivity contribution in [2.75, 3.05) is 11.9 Å². The number of carbonyl (C=O) groups excluding carboxylic acids is 1. The number of nitrogens with one attached hydrogen (secondary N) is 1. The van der Waals surface area contributed by atoms with Crippen LogP contribution in [0.15, 0.2) is 18.2 Å². The Labute approximate surface area is 121 Å². The average Bonchev–Trinajstić information content (AvgIpc) is 2.35. The van der Waals surface area contributed by atoms with Gasteiger partial charge in [0.2, 0.25) is 0 Å². The van der Waals surface area contributed by atoms with Crippen molar-refractivity contribution >= 4 is 19.9 Å². The lowest BCUT2D eigenvalue weighted by Gasteiger charge is -2.36. The molecule has 0 radical (unpaired) electrons. The Balaban J connectivity index is 2.07. The van der Waals surface area contributed by atoms with Crippen molar-refractivity contribution in [3.05, 3.63) is 23.8 Å². The lowest BCUT2D eigenvalue weighted by atomic mass is 10.2. The SMILES string of the molecule is CC(C)(C)[Si](C)(C)OCc1ccc2c(c1)OCC(=O)N2. The molecule has 1 heterocycles. The van der Waals surface area contributed by atoms with Crippen LogP contribution in [0.1, 0.15) is 26.3 Å². The zero-order valence-electron chi connectivity index (χ0n) is 12.9. The van der Waals surface area contributed by atoms with Crippen molar-refractivity contribution in [3.8, 4) is 5.75 Å². The van der Waals surface area contributed by atoms with Gasteiger partial charge in [-0.2, -0.15) is 0 Å². The summed E-state index contributed by atoms with van der Waals surface area (Å²) in [6.45, 7) is 11.8. The van der Waals surface area contributed by atoms with Crippen molar-refractivity contribution in [2.45, 2.75) is 45.5 Å². The Hall–Kier alpha value is -1.33. The van der Waals surface area contributed by atoms with E-state index in [1.807, 2.05) is 18.2 Å². The van der Waals surface area contributed by atoms with Gasteiger partial charge in [0.1, 0.15) is 5.75 Å². The van der Waals surface area contributed by atoms with Crippen molar-refractivity contribution in [2.24, 2.45) is 0 Å². The highest BCUT2D eigenvalue weighted by Gasteiger charge is 2.37. The number of carbonyl (C=O) groups is 1. The van der Waals surface area contributed by atoms with Crippen LogP contribution in [0.5, 0.6) is 5.75 Å². The molecule has 1 aromatic carbocycles. The molecule has 0 fully saturated rings. The molecule has 4 nitrogen and oxygen atoms in total. The molecule has 0 saturated carbocycles. The standard InChI is InChI=1S/C15H23NO3Si/c1-15(2,3)20(4,5)19-9-11-6-7-12-13(8-11)18-10-14(17)16-12/h6-8H,9-10H2,1-5H3,(H,16,17). The van der Waals surface area contributed by atoms with Gasteiger partial charge in [0.15, 0.2) is 14.9 Å². The Morgan fingerprint density at radius 3 is 2.70 bits per heavy atom. The normalized spacial score (nSPS) is 15.3. The Morgan fingerprint density at radius 1 is 1.35 bits per heavy atom. The number of hydrogen-bond donors (Lipinski definition) is 1. The average molecular weight is 293 g/mol. The molecule has 1 aromatic rings. The molecule has 5 heteroatoms. The van der Waals surface area contributed by atoms with Crippen LogP contribution >= 0.6 is 0 Å². The van der Waals surface area contributed by atoms with E-state index in [2.05, 4.69) is 39.2 Å². The number of ether oxygens (including phenoxy) is 1. The smallest absolute Gasteiger partial charge is 0.262 e. The lowest BCUT2D eigenvalue weighted by Crippen LogP contribution is -2.40. The lowest BCUT2D eigenvalue weighted by molar-refractivity contribution is -0.118. The maximum Gasteiger partial charge on any atom is 0.262 e. The van der Waals surface area contributed by atoms with Gasteiger partial charge in [0, 0.05) is 0 Å². The van der Waals surface area contributed by atoms with E-state index in [0.717, 1.165) is 17.0 Å². The van der Waals surface area contributed by atoms with Gasteiger partial charge in [-0.15, -0.1) is 0 Å². The number of fused-ring (bicyclic) bond motifs is 1. The van der Waals surface area contributed by atoms with Crippen LogP contribution in [0.2, 0.25) is 18.1 Å². The quantitative estimate of drug-likeness (QED) is 0.867. The molecule has 0 atom stereocenters. The number of benzene rings is 1. The third-order valence-corrected chi connectivity index (χ3v) is 8.56. The highest BCUT2D eigenvalue weighted by Crippen LogP contribution is 2.37. The van der Waals surface area contributed by atoms with E-state index in [1.54, 1.807) is 0 Å². The maximum absolute atomic E-state index is 11.2. The molecule has 2 rings (SSSR count). The first-order valence-corrected chi connectivity index (χ1v) is 9.79. The van der Waals surface area contributed by atoms with E-state index in [0.29, 0.717) is 6.61 Å². The predicted molar refractivity (Wildman–Crippen MR) is 82.6 cm³/mol. The summed E-state index contributed by atoms with van der Waals surface area (Å²) in [5.74, 6) is 0.615. The van der Waals surface area contributed by atoms with Crippen LogP contribution in [0.25, 0.3) is 0 Å². The molecule has 0 unspecified atom stereocenters. The minimum absolute atomic E-state index is 0.0829. The summed E-state index contributed by atoms with van der Waals surface area (Å²) in [6, 6.07) is 5.79. The highest BCUT2D eigenvalue weighted by molar-refractivity contribution is 6.74. The summed E-state index contributed by atoms with van der Waals surface area (Å²) < 4.78 is 11.6. The van der Waals surface area contributed by atoms with Crippen LogP contribution < -0.4 is 10.1 Å². The summed E-state index contributed by atoms with van der Waals surface area (Å²) in [5.41, 5.74) is 1.81. The van der Waals surface area contributed by atoms with Gasteiger partial charge in [0.25, 0.3) is 5.91 Å². The largest absolute Gasteiger partial charge is 0.482 e. The van der Waals surface area contributed by atoms with E-state index >= 15 is 0 Å². The first-order chi connectivity index (χ1) is 9.19. The van der Waals surface area contributed by atoms with Crippen LogP contribution in [-0.2, 0) is 15.8 Å². The van der Waals surface area contributed by atoms with Crippen LogP contribution in [0.4, 0.5) is 5.69 Å². The zero-order chi connectivity index (χ0) is 15.0. The second kappa shape index (κ2) is 5.22. The maximum atomic E-state index is 11.2. The van der Waals surface area contributed by atoms with Crippen molar-refractivity contribution in [3.63, 3.8) is 0 Å².